The predicted molar refractivity (Wildman–Crippen MR) is 49.9 cm³/mol. The summed E-state index contributed by atoms with van der Waals surface area (Å²) in [6.45, 7) is 2.05. The van der Waals surface area contributed by atoms with Gasteiger partial charge in [0.15, 0.2) is 5.82 Å². The molecule has 1 atom stereocenters. The van der Waals surface area contributed by atoms with Crippen LogP contribution >= 0.6 is 0 Å². The van der Waals surface area contributed by atoms with Gasteiger partial charge in [-0.1, -0.05) is 19.1 Å². The molecule has 0 aromatic carbocycles. The van der Waals surface area contributed by atoms with Gasteiger partial charge in [-0.15, -0.1) is 0 Å². The number of aromatic amines is 1. The van der Waals surface area contributed by atoms with Crippen LogP contribution in [0, 0.1) is 0 Å². The fourth-order valence-electron chi connectivity index (χ4n) is 1.21. The first-order chi connectivity index (χ1) is 6.40. The Balaban J connectivity index is 2.16. The Hall–Kier alpha value is -1.58. The number of nitrogens with one attached hydrogen (secondary N) is 2. The van der Waals surface area contributed by atoms with E-state index in [1.54, 1.807) is 0 Å². The van der Waals surface area contributed by atoms with E-state index >= 15 is 0 Å². The summed E-state index contributed by atoms with van der Waals surface area (Å²) in [5, 5.41) is 10.2. The second-order valence-electron chi connectivity index (χ2n) is 2.88. The smallest absolute Gasteiger partial charge is 0.176 e. The minimum absolute atomic E-state index is 0.113. The topological polar surface area (TPSA) is 53.6 Å². The Morgan fingerprint density at radius 2 is 2.38 bits per heavy atom. The molecule has 1 aliphatic rings. The Morgan fingerprint density at radius 3 is 3.00 bits per heavy atom. The summed E-state index contributed by atoms with van der Waals surface area (Å²) in [7, 11) is 0. The summed E-state index contributed by atoms with van der Waals surface area (Å²) in [6, 6.07) is 0.113. The van der Waals surface area contributed by atoms with E-state index in [1.807, 2.05) is 31.4 Å². The van der Waals surface area contributed by atoms with Gasteiger partial charge in [0.1, 0.15) is 11.9 Å². The number of aromatic nitrogens is 3. The largest absolute Gasteiger partial charge is 0.378 e. The molecular formula is C9H12N4. The monoisotopic (exact) mass is 176 g/mol. The van der Waals surface area contributed by atoms with Gasteiger partial charge in [-0.05, 0) is 12.3 Å². The van der Waals surface area contributed by atoms with Crippen LogP contribution in [0.1, 0.15) is 24.6 Å². The van der Waals surface area contributed by atoms with Crippen molar-refractivity contribution in [2.24, 2.45) is 0 Å². The molecule has 1 aliphatic heterocycles. The average Bonchev–Trinajstić information content (AvgIpc) is 2.67. The fourth-order valence-corrected chi connectivity index (χ4v) is 1.21. The van der Waals surface area contributed by atoms with Crippen molar-refractivity contribution in [3.8, 4) is 0 Å². The third kappa shape index (κ3) is 1.61. The third-order valence-electron chi connectivity index (χ3n) is 1.95. The van der Waals surface area contributed by atoms with E-state index in [-0.39, 0.29) is 6.04 Å². The number of rotatable bonds is 2. The average molecular weight is 176 g/mol. The Kier molecular flexibility index (Phi) is 2.12. The molecule has 68 valence electrons. The van der Waals surface area contributed by atoms with Crippen LogP contribution in [0.25, 0.3) is 0 Å². The van der Waals surface area contributed by atoms with Crippen molar-refractivity contribution in [1.82, 2.24) is 20.5 Å². The van der Waals surface area contributed by atoms with Gasteiger partial charge >= 0.3 is 0 Å². The van der Waals surface area contributed by atoms with E-state index in [1.165, 1.54) is 0 Å². The number of hydrogen-bond acceptors (Lipinski definition) is 3. The number of H-pyrrole nitrogens is 1. The second kappa shape index (κ2) is 3.43. The highest BCUT2D eigenvalue weighted by molar-refractivity contribution is 5.17. The number of dihydropyridines is 1. The SMILES string of the molecule is CCc1nc(C2C=CC=CN2)n[nH]1. The molecule has 0 spiro atoms. The zero-order valence-electron chi connectivity index (χ0n) is 7.49. The fraction of sp³-hybridized carbons (Fsp3) is 0.333. The maximum Gasteiger partial charge on any atom is 0.176 e. The van der Waals surface area contributed by atoms with Crippen LogP contribution in [0.3, 0.4) is 0 Å². The van der Waals surface area contributed by atoms with Crippen LogP contribution < -0.4 is 5.32 Å². The quantitative estimate of drug-likeness (QED) is 0.709. The normalized spacial score (nSPS) is 20.2. The van der Waals surface area contributed by atoms with E-state index < -0.39 is 0 Å². The molecule has 1 unspecified atom stereocenters. The van der Waals surface area contributed by atoms with E-state index in [4.69, 9.17) is 0 Å². The van der Waals surface area contributed by atoms with Crippen molar-refractivity contribution >= 4 is 0 Å². The molecule has 2 heterocycles. The van der Waals surface area contributed by atoms with Crippen molar-refractivity contribution in [2.75, 3.05) is 0 Å². The highest BCUT2D eigenvalue weighted by Gasteiger charge is 2.12. The summed E-state index contributed by atoms with van der Waals surface area (Å²) in [5.41, 5.74) is 0. The summed E-state index contributed by atoms with van der Waals surface area (Å²) in [6.07, 6.45) is 8.75. The standard InChI is InChI=1S/C9H12N4/c1-2-8-11-9(13-12-8)7-5-3-4-6-10-7/h3-7,10H,2H2,1H3,(H,11,12,13). The number of aryl methyl sites for hydroxylation is 1. The van der Waals surface area contributed by atoms with Crippen LogP contribution in [0.4, 0.5) is 0 Å². The molecule has 0 saturated carbocycles. The molecule has 0 saturated heterocycles. The van der Waals surface area contributed by atoms with Gasteiger partial charge in [0.25, 0.3) is 0 Å². The van der Waals surface area contributed by atoms with Gasteiger partial charge in [-0.25, -0.2) is 4.98 Å². The molecule has 0 fully saturated rings. The highest BCUT2D eigenvalue weighted by atomic mass is 15.2. The summed E-state index contributed by atoms with van der Waals surface area (Å²) in [5.74, 6) is 1.73. The second-order valence-corrected chi connectivity index (χ2v) is 2.88. The zero-order chi connectivity index (χ0) is 9.10. The molecule has 4 heteroatoms. The first-order valence-electron chi connectivity index (χ1n) is 4.40. The first-order valence-corrected chi connectivity index (χ1v) is 4.40. The molecular weight excluding hydrogens is 164 g/mol. The van der Waals surface area contributed by atoms with Crippen molar-refractivity contribution in [3.63, 3.8) is 0 Å². The maximum absolute atomic E-state index is 4.34. The Morgan fingerprint density at radius 1 is 1.46 bits per heavy atom. The van der Waals surface area contributed by atoms with Crippen LogP contribution in [0.15, 0.2) is 24.4 Å². The lowest BCUT2D eigenvalue weighted by Gasteiger charge is -2.10. The van der Waals surface area contributed by atoms with Crippen LogP contribution in [-0.2, 0) is 6.42 Å². The maximum atomic E-state index is 4.34. The number of hydrogen-bond donors (Lipinski definition) is 2. The minimum Gasteiger partial charge on any atom is -0.378 e. The van der Waals surface area contributed by atoms with Crippen molar-refractivity contribution in [1.29, 1.82) is 0 Å². The van der Waals surface area contributed by atoms with Gasteiger partial charge in [0.2, 0.25) is 0 Å². The molecule has 2 rings (SSSR count). The zero-order valence-corrected chi connectivity index (χ0v) is 7.49. The lowest BCUT2D eigenvalue weighted by Crippen LogP contribution is -2.16. The summed E-state index contributed by atoms with van der Waals surface area (Å²) in [4.78, 5) is 4.34. The van der Waals surface area contributed by atoms with Gasteiger partial charge in [-0.3, -0.25) is 5.10 Å². The molecule has 0 aliphatic carbocycles. The Labute approximate surface area is 76.8 Å². The molecule has 0 amide bonds. The lowest BCUT2D eigenvalue weighted by atomic mass is 10.2. The van der Waals surface area contributed by atoms with Crippen LogP contribution in [-0.4, -0.2) is 15.2 Å². The summed E-state index contributed by atoms with van der Waals surface area (Å²) >= 11 is 0. The number of nitrogens with zero attached hydrogens (tertiary/aromatic N) is 2. The first kappa shape index (κ1) is 8.04. The van der Waals surface area contributed by atoms with Gasteiger partial charge in [0, 0.05) is 6.42 Å². The molecule has 13 heavy (non-hydrogen) atoms. The van der Waals surface area contributed by atoms with Crippen molar-refractivity contribution in [2.45, 2.75) is 19.4 Å². The summed E-state index contributed by atoms with van der Waals surface area (Å²) < 4.78 is 0. The minimum atomic E-state index is 0.113. The Bertz CT molecular complexity index is 337. The van der Waals surface area contributed by atoms with Crippen LogP contribution in [0.2, 0.25) is 0 Å². The molecule has 0 bridgehead atoms. The van der Waals surface area contributed by atoms with Gasteiger partial charge < -0.3 is 5.32 Å². The molecule has 1 aromatic rings. The van der Waals surface area contributed by atoms with Crippen LogP contribution in [0.5, 0.6) is 0 Å². The van der Waals surface area contributed by atoms with Gasteiger partial charge in [-0.2, -0.15) is 5.10 Å². The lowest BCUT2D eigenvalue weighted by molar-refractivity contribution is 0.694. The molecule has 2 N–H and O–H groups in total. The van der Waals surface area contributed by atoms with Crippen molar-refractivity contribution in [3.05, 3.63) is 36.1 Å². The highest BCUT2D eigenvalue weighted by Crippen LogP contribution is 2.11. The molecule has 1 aromatic heterocycles. The van der Waals surface area contributed by atoms with E-state index in [2.05, 4.69) is 20.5 Å². The molecule has 4 nitrogen and oxygen atoms in total. The van der Waals surface area contributed by atoms with E-state index in [9.17, 15) is 0 Å². The molecule has 0 radical (unpaired) electrons. The third-order valence-corrected chi connectivity index (χ3v) is 1.95. The van der Waals surface area contributed by atoms with E-state index in [0.717, 1.165) is 18.1 Å². The predicted octanol–water partition coefficient (Wildman–Crippen LogP) is 1.08. The van der Waals surface area contributed by atoms with Crippen molar-refractivity contribution < 1.29 is 0 Å². The number of allylic oxidation sites excluding steroid dienone is 2. The van der Waals surface area contributed by atoms with Gasteiger partial charge in [0.05, 0.1) is 0 Å². The van der Waals surface area contributed by atoms with E-state index in [0.29, 0.717) is 0 Å².